The molecule has 0 saturated carbocycles. The zero-order valence-electron chi connectivity index (χ0n) is 16.8. The van der Waals surface area contributed by atoms with E-state index < -0.39 is 9.84 Å². The normalized spacial score (nSPS) is 11.3. The molecular weight excluding hydrogens is 436 g/mol. The first kappa shape index (κ1) is 21.0. The number of hydrogen-bond acceptors (Lipinski definition) is 6. The third-order valence-corrected chi connectivity index (χ3v) is 6.55. The van der Waals surface area contributed by atoms with Crippen LogP contribution < -0.4 is 10.1 Å². The summed E-state index contributed by atoms with van der Waals surface area (Å²) < 4.78 is 37.7. The zero-order valence-corrected chi connectivity index (χ0v) is 18.4. The molecule has 8 heteroatoms. The number of hydrogen-bond donors (Lipinski definition) is 1. The van der Waals surface area contributed by atoms with Crippen molar-refractivity contribution in [3.05, 3.63) is 83.4 Å². The molecule has 1 heterocycles. The van der Waals surface area contributed by atoms with Crippen molar-refractivity contribution < 1.29 is 17.6 Å². The van der Waals surface area contributed by atoms with Crippen molar-refractivity contribution in [2.45, 2.75) is 16.8 Å². The summed E-state index contributed by atoms with van der Waals surface area (Å²) >= 11 is 5.92. The highest BCUT2D eigenvalue weighted by atomic mass is 35.5. The topological polar surface area (TPSA) is 81.4 Å². The van der Waals surface area contributed by atoms with Gasteiger partial charge in [-0.1, -0.05) is 29.3 Å². The average molecular weight is 455 g/mol. The van der Waals surface area contributed by atoms with Crippen LogP contribution in [0, 0.1) is 6.92 Å². The average Bonchev–Trinajstić information content (AvgIpc) is 3.20. The second kappa shape index (κ2) is 8.45. The summed E-state index contributed by atoms with van der Waals surface area (Å²) in [4.78, 5) is 4.40. The molecule has 4 aromatic rings. The van der Waals surface area contributed by atoms with Gasteiger partial charge in [-0.15, -0.1) is 0 Å². The first-order valence-corrected chi connectivity index (χ1v) is 11.2. The molecule has 0 aliphatic heterocycles. The predicted molar refractivity (Wildman–Crippen MR) is 120 cm³/mol. The summed E-state index contributed by atoms with van der Waals surface area (Å²) in [5, 5.41) is 3.27. The van der Waals surface area contributed by atoms with Crippen LogP contribution in [0.2, 0.25) is 5.02 Å². The molecule has 0 spiro atoms. The summed E-state index contributed by atoms with van der Waals surface area (Å²) in [6.07, 6.45) is 0. The SMILES string of the molecule is COc1ccc(-c2nc(S(=O)(=O)c3ccc(Cl)cc3)c(Nc3ccc(C)cc3)o2)cc1. The van der Waals surface area contributed by atoms with Gasteiger partial charge in [0.1, 0.15) is 5.75 Å². The van der Waals surface area contributed by atoms with Crippen LogP contribution in [0.4, 0.5) is 11.6 Å². The van der Waals surface area contributed by atoms with Gasteiger partial charge in [-0.25, -0.2) is 8.42 Å². The Bertz CT molecular complexity index is 1300. The van der Waals surface area contributed by atoms with Crippen LogP contribution >= 0.6 is 11.6 Å². The minimum atomic E-state index is -3.97. The van der Waals surface area contributed by atoms with Crippen molar-refractivity contribution >= 4 is 33.0 Å². The van der Waals surface area contributed by atoms with E-state index in [0.717, 1.165) is 5.56 Å². The van der Waals surface area contributed by atoms with Crippen LogP contribution in [0.25, 0.3) is 11.5 Å². The van der Waals surface area contributed by atoms with E-state index in [1.165, 1.54) is 24.3 Å². The number of sulfone groups is 1. The largest absolute Gasteiger partial charge is 0.497 e. The first-order valence-electron chi connectivity index (χ1n) is 9.36. The van der Waals surface area contributed by atoms with Gasteiger partial charge in [0, 0.05) is 16.3 Å². The lowest BCUT2D eigenvalue weighted by molar-refractivity contribution is 0.415. The van der Waals surface area contributed by atoms with E-state index in [9.17, 15) is 8.42 Å². The molecule has 1 aromatic heterocycles. The highest BCUT2D eigenvalue weighted by Gasteiger charge is 2.28. The fourth-order valence-corrected chi connectivity index (χ4v) is 4.30. The van der Waals surface area contributed by atoms with E-state index in [2.05, 4.69) is 10.3 Å². The number of ether oxygens (including phenoxy) is 1. The number of nitrogens with zero attached hydrogens (tertiary/aromatic N) is 1. The van der Waals surface area contributed by atoms with Crippen molar-refractivity contribution in [1.29, 1.82) is 0 Å². The molecule has 158 valence electrons. The minimum Gasteiger partial charge on any atom is -0.497 e. The molecule has 0 aliphatic rings. The van der Waals surface area contributed by atoms with Crippen molar-refractivity contribution in [2.75, 3.05) is 12.4 Å². The second-order valence-electron chi connectivity index (χ2n) is 6.83. The highest BCUT2D eigenvalue weighted by molar-refractivity contribution is 7.91. The Balaban J connectivity index is 1.81. The van der Waals surface area contributed by atoms with Gasteiger partial charge in [0.2, 0.25) is 26.6 Å². The maximum absolute atomic E-state index is 13.3. The molecule has 4 rings (SSSR count). The van der Waals surface area contributed by atoms with E-state index in [-0.39, 0.29) is 21.7 Å². The van der Waals surface area contributed by atoms with E-state index >= 15 is 0 Å². The Morgan fingerprint density at radius 1 is 0.935 bits per heavy atom. The number of benzene rings is 3. The van der Waals surface area contributed by atoms with Gasteiger partial charge in [0.25, 0.3) is 0 Å². The maximum Gasteiger partial charge on any atom is 0.238 e. The monoisotopic (exact) mass is 454 g/mol. The van der Waals surface area contributed by atoms with Crippen molar-refractivity contribution in [2.24, 2.45) is 0 Å². The Morgan fingerprint density at radius 2 is 1.58 bits per heavy atom. The number of rotatable bonds is 6. The maximum atomic E-state index is 13.3. The fourth-order valence-electron chi connectivity index (χ4n) is 2.92. The van der Waals surface area contributed by atoms with Gasteiger partial charge >= 0.3 is 0 Å². The zero-order chi connectivity index (χ0) is 22.0. The van der Waals surface area contributed by atoms with E-state index in [0.29, 0.717) is 22.0 Å². The Morgan fingerprint density at radius 3 is 2.19 bits per heavy atom. The summed E-state index contributed by atoms with van der Waals surface area (Å²) in [5.41, 5.74) is 2.37. The van der Waals surface area contributed by atoms with Crippen LogP contribution in [-0.2, 0) is 9.84 Å². The van der Waals surface area contributed by atoms with Crippen LogP contribution in [0.15, 0.2) is 87.1 Å². The molecule has 0 atom stereocenters. The molecule has 1 N–H and O–H groups in total. The molecule has 0 saturated heterocycles. The van der Waals surface area contributed by atoms with Crippen LogP contribution in [0.5, 0.6) is 5.75 Å². The lowest BCUT2D eigenvalue weighted by Crippen LogP contribution is -2.05. The van der Waals surface area contributed by atoms with Crippen LogP contribution in [0.3, 0.4) is 0 Å². The molecule has 0 unspecified atom stereocenters. The van der Waals surface area contributed by atoms with Gasteiger partial charge in [-0.2, -0.15) is 4.98 Å². The third-order valence-electron chi connectivity index (χ3n) is 4.62. The van der Waals surface area contributed by atoms with E-state index in [1.807, 2.05) is 31.2 Å². The molecule has 6 nitrogen and oxygen atoms in total. The first-order chi connectivity index (χ1) is 14.9. The van der Waals surface area contributed by atoms with Gasteiger partial charge in [-0.05, 0) is 67.6 Å². The van der Waals surface area contributed by atoms with Crippen LogP contribution in [-0.4, -0.2) is 20.5 Å². The smallest absolute Gasteiger partial charge is 0.238 e. The summed E-state index contributed by atoms with van der Waals surface area (Å²) in [5.74, 6) is 0.872. The van der Waals surface area contributed by atoms with Crippen molar-refractivity contribution in [3.8, 4) is 17.2 Å². The molecule has 0 aliphatic carbocycles. The van der Waals surface area contributed by atoms with Crippen molar-refractivity contribution in [3.63, 3.8) is 0 Å². The van der Waals surface area contributed by atoms with E-state index in [4.69, 9.17) is 20.8 Å². The molecule has 3 aromatic carbocycles. The standard InChI is InChI=1S/C23H19ClN2O4S/c1-15-3-9-18(10-4-15)25-22-23(31(27,28)20-13-7-17(24)8-14-20)26-21(30-22)16-5-11-19(29-2)12-6-16/h3-14,25H,1-2H3. The van der Waals surface area contributed by atoms with Crippen molar-refractivity contribution in [1.82, 2.24) is 4.98 Å². The molecular formula is C23H19ClN2O4S. The number of oxazole rings is 1. The fraction of sp³-hybridized carbons (Fsp3) is 0.0870. The molecule has 0 amide bonds. The Hall–Kier alpha value is -3.29. The third kappa shape index (κ3) is 4.42. The second-order valence-corrected chi connectivity index (χ2v) is 9.13. The summed E-state index contributed by atoms with van der Waals surface area (Å²) in [6, 6.07) is 20.4. The molecule has 0 bridgehead atoms. The number of halogens is 1. The molecule has 0 radical (unpaired) electrons. The quantitative estimate of drug-likeness (QED) is 0.391. The highest BCUT2D eigenvalue weighted by Crippen LogP contribution is 2.34. The Labute approximate surface area is 185 Å². The van der Waals surface area contributed by atoms with Gasteiger partial charge in [0.15, 0.2) is 0 Å². The Kier molecular flexibility index (Phi) is 5.71. The number of aryl methyl sites for hydroxylation is 1. The predicted octanol–water partition coefficient (Wildman–Crippen LogP) is 5.89. The summed E-state index contributed by atoms with van der Waals surface area (Å²) in [6.45, 7) is 1.97. The summed E-state index contributed by atoms with van der Waals surface area (Å²) in [7, 11) is -2.40. The minimum absolute atomic E-state index is 0.0321. The lowest BCUT2D eigenvalue weighted by atomic mass is 10.2. The van der Waals surface area contributed by atoms with E-state index in [1.54, 1.807) is 31.4 Å². The van der Waals surface area contributed by atoms with Gasteiger partial charge in [-0.3, -0.25) is 0 Å². The number of methoxy groups -OCH3 is 1. The number of anilines is 2. The molecule has 0 fully saturated rings. The van der Waals surface area contributed by atoms with Crippen LogP contribution in [0.1, 0.15) is 5.56 Å². The van der Waals surface area contributed by atoms with Gasteiger partial charge < -0.3 is 14.5 Å². The molecule has 31 heavy (non-hydrogen) atoms. The number of nitrogens with one attached hydrogen (secondary N) is 1. The lowest BCUT2D eigenvalue weighted by Gasteiger charge is -2.06. The van der Waals surface area contributed by atoms with Gasteiger partial charge in [0.05, 0.1) is 12.0 Å². The number of aromatic nitrogens is 1.